The Morgan fingerprint density at radius 1 is 0.449 bits per heavy atom. The Bertz CT molecular complexity index is 2540. The van der Waals surface area contributed by atoms with Crippen LogP contribution in [0.3, 0.4) is 0 Å². The first kappa shape index (κ1) is 29.9. The molecule has 8 nitrogen and oxygen atoms in total. The number of aromatic nitrogens is 8. The lowest BCUT2D eigenvalue weighted by atomic mass is 9.96. The molecule has 0 saturated heterocycles. The monoisotopic (exact) mass is 654 g/mol. The van der Waals surface area contributed by atoms with Crippen LogP contribution in [-0.4, -0.2) is 39.9 Å². The van der Waals surface area contributed by atoms with Crippen LogP contribution < -0.4 is 0 Å². The van der Waals surface area contributed by atoms with Gasteiger partial charge in [-0.1, -0.05) is 24.3 Å². The molecular weight excluding hydrogens is 628 g/mol. The molecule has 0 radical (unpaired) electrons. The normalized spacial score (nSPS) is 12.0. The van der Waals surface area contributed by atoms with E-state index in [1.54, 1.807) is 12.4 Å². The van der Waals surface area contributed by atoms with Crippen molar-refractivity contribution in [3.05, 3.63) is 156 Å². The third-order valence-corrected chi connectivity index (χ3v) is 8.32. The van der Waals surface area contributed by atoms with Crippen LogP contribution >= 0.6 is 12.4 Å². The minimum absolute atomic E-state index is 0. The number of rotatable bonds is 4. The fourth-order valence-electron chi connectivity index (χ4n) is 6.28. The Morgan fingerprint density at radius 2 is 0.980 bits per heavy atom. The lowest BCUT2D eigenvalue weighted by molar-refractivity contribution is 1.24. The van der Waals surface area contributed by atoms with Crippen LogP contribution in [0.4, 0.5) is 0 Å². The van der Waals surface area contributed by atoms with Crippen LogP contribution in [0.1, 0.15) is 28.5 Å². The van der Waals surface area contributed by atoms with Gasteiger partial charge in [0, 0.05) is 52.5 Å². The summed E-state index contributed by atoms with van der Waals surface area (Å²) in [4.78, 5) is 36.9. The van der Waals surface area contributed by atoms with Gasteiger partial charge in [-0.2, -0.15) is 0 Å². The molecule has 0 spiro atoms. The molecule has 49 heavy (non-hydrogen) atoms. The van der Waals surface area contributed by atoms with Gasteiger partial charge in [-0.15, -0.1) is 12.4 Å². The quantitative estimate of drug-likeness (QED) is 0.196. The van der Waals surface area contributed by atoms with Gasteiger partial charge in [0.05, 0.1) is 62.1 Å². The molecule has 2 N–H and O–H groups in total. The predicted octanol–water partition coefficient (Wildman–Crippen LogP) is 9.08. The van der Waals surface area contributed by atoms with Crippen molar-refractivity contribution in [2.45, 2.75) is 0 Å². The summed E-state index contributed by atoms with van der Waals surface area (Å²) in [7, 11) is 0. The topological polar surface area (TPSA) is 109 Å². The molecule has 0 amide bonds. The fourth-order valence-corrected chi connectivity index (χ4v) is 6.28. The van der Waals surface area contributed by atoms with Gasteiger partial charge in [-0.05, 0) is 97.1 Å². The number of hydrogen-bond donors (Lipinski definition) is 2. The molecule has 234 valence electrons. The summed E-state index contributed by atoms with van der Waals surface area (Å²) in [6, 6.07) is 34.0. The molecule has 0 saturated carbocycles. The summed E-state index contributed by atoms with van der Waals surface area (Å²) < 4.78 is 0. The van der Waals surface area contributed by atoms with Crippen molar-refractivity contribution in [1.82, 2.24) is 39.9 Å². The maximum Gasteiger partial charge on any atom is 0.0847 e. The molecule has 9 heteroatoms. The Morgan fingerprint density at radius 3 is 1.57 bits per heavy atom. The Hall–Kier alpha value is -6.51. The van der Waals surface area contributed by atoms with Gasteiger partial charge in [0.15, 0.2) is 0 Å². The van der Waals surface area contributed by atoms with Gasteiger partial charge in [0.1, 0.15) is 0 Å². The highest BCUT2D eigenvalue weighted by atomic mass is 35.5. The van der Waals surface area contributed by atoms with E-state index in [1.807, 2.05) is 122 Å². The van der Waals surface area contributed by atoms with E-state index in [1.165, 1.54) is 0 Å². The largest absolute Gasteiger partial charge is 0.355 e. The molecule has 2 aliphatic heterocycles. The zero-order chi connectivity index (χ0) is 31.9. The molecule has 2 aliphatic rings. The van der Waals surface area contributed by atoms with Crippen molar-refractivity contribution in [2.75, 3.05) is 0 Å². The standard InChI is InChI=1S/C40H26N8.ClH/c1-5-17-41-31(9-1)30-23-29-22-27-14-13-25(45-27)21-26-15-16-28(46-26)24-35-36(32-10-2-6-18-42-32)37(33-11-3-7-19-43-33)40(48-35)38(39(30)47-29)34-12-4-8-20-44-34;/h1-24,45,48H;1H. The van der Waals surface area contributed by atoms with Gasteiger partial charge in [0.2, 0.25) is 0 Å². The maximum atomic E-state index is 5.31. The van der Waals surface area contributed by atoms with Crippen molar-refractivity contribution in [3.63, 3.8) is 0 Å². The van der Waals surface area contributed by atoms with Crippen LogP contribution in [0.15, 0.2) is 128 Å². The molecule has 9 rings (SSSR count). The molecule has 0 unspecified atom stereocenters. The third kappa shape index (κ3) is 5.60. The summed E-state index contributed by atoms with van der Waals surface area (Å²) in [5.41, 5.74) is 13.4. The molecule has 7 aromatic rings. The number of pyridine rings is 4. The molecule has 0 fully saturated rings. The minimum atomic E-state index is 0. The van der Waals surface area contributed by atoms with E-state index >= 15 is 0 Å². The molecule has 7 aromatic heterocycles. The first-order valence-electron chi connectivity index (χ1n) is 15.6. The second-order valence-corrected chi connectivity index (χ2v) is 11.4. The maximum absolute atomic E-state index is 5.31. The summed E-state index contributed by atoms with van der Waals surface area (Å²) in [6.07, 6.45) is 13.4. The van der Waals surface area contributed by atoms with Gasteiger partial charge < -0.3 is 9.97 Å². The highest BCUT2D eigenvalue weighted by molar-refractivity contribution is 6.09. The van der Waals surface area contributed by atoms with E-state index in [2.05, 4.69) is 22.1 Å². The lowest BCUT2D eigenvalue weighted by Crippen LogP contribution is -1.96. The number of halogens is 1. The molecule has 0 aliphatic carbocycles. The highest BCUT2D eigenvalue weighted by Gasteiger charge is 2.26. The molecule has 8 bridgehead atoms. The third-order valence-electron chi connectivity index (χ3n) is 8.32. The molecule has 0 aromatic carbocycles. The minimum Gasteiger partial charge on any atom is -0.355 e. The van der Waals surface area contributed by atoms with Crippen LogP contribution in [0.5, 0.6) is 0 Å². The van der Waals surface area contributed by atoms with Crippen molar-refractivity contribution in [1.29, 1.82) is 0 Å². The second kappa shape index (κ2) is 12.6. The Balaban J connectivity index is 0.00000348. The number of nitrogens with zero attached hydrogens (tertiary/aromatic N) is 6. The lowest BCUT2D eigenvalue weighted by Gasteiger charge is -2.10. The zero-order valence-corrected chi connectivity index (χ0v) is 26.8. The van der Waals surface area contributed by atoms with E-state index in [4.69, 9.17) is 29.9 Å². The molecular formula is C40H27ClN8. The Labute approximate surface area is 287 Å². The van der Waals surface area contributed by atoms with Crippen molar-refractivity contribution >= 4 is 58.3 Å². The average molecular weight is 655 g/mol. The molecule has 0 atom stereocenters. The van der Waals surface area contributed by atoms with E-state index in [0.717, 1.165) is 89.9 Å². The van der Waals surface area contributed by atoms with E-state index < -0.39 is 0 Å². The zero-order valence-electron chi connectivity index (χ0n) is 25.9. The predicted molar refractivity (Wildman–Crippen MR) is 198 cm³/mol. The van der Waals surface area contributed by atoms with E-state index in [9.17, 15) is 0 Å². The van der Waals surface area contributed by atoms with E-state index in [0.29, 0.717) is 0 Å². The first-order chi connectivity index (χ1) is 23.8. The average Bonchev–Trinajstić information content (AvgIpc) is 3.94. The number of fused-ring (bicyclic) bond motifs is 8. The first-order valence-corrected chi connectivity index (χ1v) is 15.6. The summed E-state index contributed by atoms with van der Waals surface area (Å²) in [5, 5.41) is 0. The highest BCUT2D eigenvalue weighted by Crippen LogP contribution is 2.44. The van der Waals surface area contributed by atoms with Gasteiger partial charge in [0.25, 0.3) is 0 Å². The summed E-state index contributed by atoms with van der Waals surface area (Å²) >= 11 is 0. The van der Waals surface area contributed by atoms with Crippen LogP contribution in [0.25, 0.3) is 79.6 Å². The van der Waals surface area contributed by atoms with E-state index in [-0.39, 0.29) is 12.4 Å². The number of H-pyrrole nitrogens is 2. The fraction of sp³-hybridized carbons (Fsp3) is 0. The Kier molecular flexibility index (Phi) is 7.68. The second-order valence-electron chi connectivity index (χ2n) is 11.4. The molecule has 9 heterocycles. The van der Waals surface area contributed by atoms with Crippen molar-refractivity contribution < 1.29 is 0 Å². The van der Waals surface area contributed by atoms with Crippen LogP contribution in [-0.2, 0) is 0 Å². The number of nitrogens with one attached hydrogen (secondary N) is 2. The van der Waals surface area contributed by atoms with Gasteiger partial charge >= 0.3 is 0 Å². The summed E-state index contributed by atoms with van der Waals surface area (Å²) in [5.74, 6) is 0. The van der Waals surface area contributed by atoms with Crippen LogP contribution in [0.2, 0.25) is 0 Å². The smallest absolute Gasteiger partial charge is 0.0847 e. The number of hydrogen-bond acceptors (Lipinski definition) is 6. The summed E-state index contributed by atoms with van der Waals surface area (Å²) in [6.45, 7) is 0. The van der Waals surface area contributed by atoms with Gasteiger partial charge in [-0.25, -0.2) is 9.97 Å². The van der Waals surface area contributed by atoms with Gasteiger partial charge in [-0.3, -0.25) is 19.9 Å². The SMILES string of the molecule is C1=Cc2cc3[nH]c(c(-c4ccccn4)c4nc(cc5ccc(cc1n2)[nH]5)C=C4c1ccccn1)c(-c1ccccn1)c3-c1ccccn1.Cl. The van der Waals surface area contributed by atoms with Crippen LogP contribution in [0, 0.1) is 0 Å². The number of aromatic amines is 2. The van der Waals surface area contributed by atoms with Crippen molar-refractivity contribution in [2.24, 2.45) is 0 Å². The van der Waals surface area contributed by atoms with Crippen molar-refractivity contribution in [3.8, 4) is 33.8 Å².